The molecule has 0 radical (unpaired) electrons. The normalized spacial score (nSPS) is 11.5. The number of hydrogen-bond donors (Lipinski definition) is 4. The van der Waals surface area contributed by atoms with E-state index in [-0.39, 0.29) is 18.8 Å². The summed E-state index contributed by atoms with van der Waals surface area (Å²) in [5, 5.41) is 26.0. The van der Waals surface area contributed by atoms with Crippen molar-refractivity contribution in [1.82, 2.24) is 4.90 Å². The molecule has 19 heavy (non-hydrogen) atoms. The summed E-state index contributed by atoms with van der Waals surface area (Å²) in [6.07, 6.45) is 4.25. The number of likely N-dealkylation sites (N-methyl/N-ethyl adjacent to an activating group) is 1. The van der Waals surface area contributed by atoms with Gasteiger partial charge < -0.3 is 25.8 Å². The van der Waals surface area contributed by atoms with Gasteiger partial charge >= 0.3 is 13.3 Å². The van der Waals surface area contributed by atoms with Crippen LogP contribution in [0.15, 0.2) is 0 Å². The minimum absolute atomic E-state index is 0.164. The van der Waals surface area contributed by atoms with Gasteiger partial charge in [-0.15, -0.1) is 0 Å². The minimum Gasteiger partial charge on any atom is -0.427 e. The van der Waals surface area contributed by atoms with Gasteiger partial charge in [-0.1, -0.05) is 12.8 Å². The van der Waals surface area contributed by atoms with Gasteiger partial charge in [0.15, 0.2) is 0 Å². The molecule has 0 aromatic heterocycles. The highest BCUT2D eigenvalue weighted by atomic mass is 16.4. The Hall–Kier alpha value is -0.755. The summed E-state index contributed by atoms with van der Waals surface area (Å²) in [4.78, 5) is 18.3. The van der Waals surface area contributed by atoms with Crippen molar-refractivity contribution in [3.63, 3.8) is 0 Å². The molecule has 0 rings (SSSR count). The molecule has 1 unspecified atom stereocenters. The molecule has 0 spiro atoms. The molecule has 0 fully saturated rings. The fourth-order valence-electron chi connectivity index (χ4n) is 1.55. The third-order valence-electron chi connectivity index (χ3n) is 2.65. The molecule has 1 atom stereocenters. The molecule has 0 bridgehead atoms. The zero-order chi connectivity index (χ0) is 15.1. The quantitative estimate of drug-likeness (QED) is 0.288. The second-order valence-electron chi connectivity index (χ2n) is 4.42. The van der Waals surface area contributed by atoms with Crippen molar-refractivity contribution in [3.05, 3.63) is 0 Å². The van der Waals surface area contributed by atoms with Crippen LogP contribution in [0.3, 0.4) is 0 Å². The number of nitrogens with two attached hydrogens (primary N) is 1. The monoisotopic (exact) mass is 276 g/mol. The molecule has 0 aromatic carbocycles. The van der Waals surface area contributed by atoms with Gasteiger partial charge in [0.25, 0.3) is 0 Å². The van der Waals surface area contributed by atoms with E-state index >= 15 is 0 Å². The van der Waals surface area contributed by atoms with Crippen molar-refractivity contribution < 1.29 is 24.7 Å². The van der Waals surface area contributed by atoms with Crippen LogP contribution in [0.5, 0.6) is 0 Å². The van der Waals surface area contributed by atoms with Gasteiger partial charge in [-0.25, -0.2) is 0 Å². The summed E-state index contributed by atoms with van der Waals surface area (Å²) in [6, 6.07) is 0.164. The van der Waals surface area contributed by atoms with E-state index in [9.17, 15) is 0 Å². The lowest BCUT2D eigenvalue weighted by Gasteiger charge is -2.18. The fraction of sp³-hybridized carbons (Fsp3) is 0.909. The van der Waals surface area contributed by atoms with Gasteiger partial charge in [0.1, 0.15) is 0 Å². The summed E-state index contributed by atoms with van der Waals surface area (Å²) in [5.74, 6) is 0. The van der Waals surface area contributed by atoms with Gasteiger partial charge in [0.05, 0.1) is 6.61 Å². The summed E-state index contributed by atoms with van der Waals surface area (Å²) in [5.41, 5.74) is 5.92. The van der Waals surface area contributed by atoms with E-state index in [0.29, 0.717) is 12.9 Å². The highest BCUT2D eigenvalue weighted by molar-refractivity contribution is 6.40. The molecule has 112 valence electrons. The molecule has 0 amide bonds. The second kappa shape index (κ2) is 15.3. The molecule has 8 heteroatoms. The Morgan fingerprint density at radius 2 is 1.79 bits per heavy atom. The molecule has 0 aromatic rings. The Balaban J connectivity index is 0. The zero-order valence-corrected chi connectivity index (χ0v) is 11.5. The van der Waals surface area contributed by atoms with Crippen LogP contribution in [0, 0.1) is 0 Å². The van der Waals surface area contributed by atoms with Gasteiger partial charge in [0, 0.05) is 12.6 Å². The van der Waals surface area contributed by atoms with E-state index in [1.54, 1.807) is 0 Å². The van der Waals surface area contributed by atoms with Crippen molar-refractivity contribution in [1.29, 1.82) is 0 Å². The summed E-state index contributed by atoms with van der Waals surface area (Å²) in [6.45, 7) is 1.76. The lowest BCUT2D eigenvalue weighted by molar-refractivity contribution is -0.191. The topological polar surface area (TPSA) is 124 Å². The van der Waals surface area contributed by atoms with Gasteiger partial charge in [0.2, 0.25) is 0 Å². The van der Waals surface area contributed by atoms with E-state index < -0.39 is 7.12 Å². The first kappa shape index (κ1) is 20.6. The van der Waals surface area contributed by atoms with Crippen LogP contribution < -0.4 is 5.73 Å². The SMILES string of the molecule is CN(CCO)CCC(N)CCCCB(O)O.O=C=O. The maximum absolute atomic E-state index is 8.71. The molecule has 0 aliphatic carbocycles. The van der Waals surface area contributed by atoms with Gasteiger partial charge in [-0.2, -0.15) is 9.59 Å². The third-order valence-corrected chi connectivity index (χ3v) is 2.65. The molecule has 0 aliphatic rings. The third kappa shape index (κ3) is 19.8. The Morgan fingerprint density at radius 3 is 2.26 bits per heavy atom. The first-order valence-corrected chi connectivity index (χ1v) is 6.38. The summed E-state index contributed by atoms with van der Waals surface area (Å²) in [7, 11) is 0.775. The average Bonchev–Trinajstić information content (AvgIpc) is 2.33. The number of unbranched alkanes of at least 4 members (excludes halogenated alkanes) is 1. The highest BCUT2D eigenvalue weighted by Crippen LogP contribution is 2.06. The van der Waals surface area contributed by atoms with E-state index in [2.05, 4.69) is 4.90 Å². The molecule has 0 saturated heterocycles. The maximum Gasteiger partial charge on any atom is 0.451 e. The predicted molar refractivity (Wildman–Crippen MR) is 71.0 cm³/mol. The fourth-order valence-corrected chi connectivity index (χ4v) is 1.55. The van der Waals surface area contributed by atoms with Crippen molar-refractivity contribution in [3.8, 4) is 0 Å². The summed E-state index contributed by atoms with van der Waals surface area (Å²) < 4.78 is 0. The Labute approximate surface area is 114 Å². The lowest BCUT2D eigenvalue weighted by atomic mass is 9.83. The van der Waals surface area contributed by atoms with Crippen LogP contribution in [0.2, 0.25) is 6.32 Å². The second-order valence-corrected chi connectivity index (χ2v) is 4.42. The number of nitrogens with zero attached hydrogens (tertiary/aromatic N) is 1. The molecular weight excluding hydrogens is 251 g/mol. The number of aliphatic hydroxyl groups excluding tert-OH is 1. The molecule has 5 N–H and O–H groups in total. The Kier molecular flexibility index (Phi) is 16.6. The average molecular weight is 276 g/mol. The van der Waals surface area contributed by atoms with Crippen LogP contribution >= 0.6 is 0 Å². The number of hydrogen-bond acceptors (Lipinski definition) is 7. The molecule has 0 aliphatic heterocycles. The van der Waals surface area contributed by atoms with Crippen molar-refractivity contribution in [2.24, 2.45) is 5.73 Å². The predicted octanol–water partition coefficient (Wildman–Crippen LogP) is -1.31. The van der Waals surface area contributed by atoms with Crippen LogP contribution in [0.1, 0.15) is 25.7 Å². The molecule has 0 saturated carbocycles. The van der Waals surface area contributed by atoms with E-state index in [1.807, 2.05) is 7.05 Å². The van der Waals surface area contributed by atoms with Crippen LogP contribution in [0.25, 0.3) is 0 Å². The number of carbonyl (C=O) groups excluding carboxylic acids is 2. The lowest BCUT2D eigenvalue weighted by Crippen LogP contribution is -2.29. The Bertz CT molecular complexity index is 225. The van der Waals surface area contributed by atoms with E-state index in [4.69, 9.17) is 30.5 Å². The van der Waals surface area contributed by atoms with E-state index in [0.717, 1.165) is 32.2 Å². The first-order valence-electron chi connectivity index (χ1n) is 6.38. The van der Waals surface area contributed by atoms with Crippen LogP contribution in [-0.2, 0) is 9.59 Å². The molecular formula is C11H25BN2O5. The minimum atomic E-state index is -1.19. The van der Waals surface area contributed by atoms with Gasteiger partial charge in [-0.05, 0) is 32.8 Å². The van der Waals surface area contributed by atoms with Crippen LogP contribution in [0.4, 0.5) is 0 Å². The first-order chi connectivity index (χ1) is 8.97. The van der Waals surface area contributed by atoms with E-state index in [1.165, 1.54) is 0 Å². The van der Waals surface area contributed by atoms with Crippen molar-refractivity contribution in [2.45, 2.75) is 38.0 Å². The highest BCUT2D eigenvalue weighted by Gasteiger charge is 2.08. The van der Waals surface area contributed by atoms with Crippen molar-refractivity contribution in [2.75, 3.05) is 26.7 Å². The number of rotatable bonds is 10. The maximum atomic E-state index is 8.71. The van der Waals surface area contributed by atoms with Crippen LogP contribution in [-0.4, -0.2) is 66.1 Å². The molecule has 7 nitrogen and oxygen atoms in total. The Morgan fingerprint density at radius 1 is 1.21 bits per heavy atom. The largest absolute Gasteiger partial charge is 0.451 e. The number of aliphatic hydroxyl groups is 1. The molecule has 0 heterocycles. The smallest absolute Gasteiger partial charge is 0.427 e. The standard InChI is InChI=1S/C10H25BN2O3.CO2/c1-13(8-9-14)7-5-10(12)4-2-3-6-11(15)16;2-1-3/h10,14-16H,2-9,12H2,1H3;. The summed E-state index contributed by atoms with van der Waals surface area (Å²) >= 11 is 0. The zero-order valence-electron chi connectivity index (χ0n) is 11.5. The van der Waals surface area contributed by atoms with Gasteiger partial charge in [-0.3, -0.25) is 0 Å². The van der Waals surface area contributed by atoms with Crippen molar-refractivity contribution >= 4 is 13.3 Å².